The Balaban J connectivity index is 2.27. The molecule has 0 aliphatic heterocycles. The Morgan fingerprint density at radius 3 is 2.37 bits per heavy atom. The molecule has 0 amide bonds. The first-order chi connectivity index (χ1) is 9.07. The average Bonchev–Trinajstić information content (AvgIpc) is 2.39. The molecule has 0 saturated heterocycles. The smallest absolute Gasteiger partial charge is 0.118 e. The van der Waals surface area contributed by atoms with Gasteiger partial charge in [0.15, 0.2) is 0 Å². The van der Waals surface area contributed by atoms with E-state index in [-0.39, 0.29) is 0 Å². The zero-order valence-corrected chi connectivity index (χ0v) is 13.0. The third kappa shape index (κ3) is 6.63. The van der Waals surface area contributed by atoms with Crippen molar-refractivity contribution in [2.75, 3.05) is 13.7 Å². The zero-order chi connectivity index (χ0) is 14.1. The van der Waals surface area contributed by atoms with Crippen molar-refractivity contribution in [2.45, 2.75) is 53.0 Å². The number of hydrogen-bond donors (Lipinski definition) is 1. The van der Waals surface area contributed by atoms with Gasteiger partial charge in [0.2, 0.25) is 0 Å². The summed E-state index contributed by atoms with van der Waals surface area (Å²) >= 11 is 0. The molecule has 0 aliphatic rings. The van der Waals surface area contributed by atoms with Crippen LogP contribution in [0.5, 0.6) is 5.75 Å². The van der Waals surface area contributed by atoms with Crippen LogP contribution in [0.1, 0.15) is 52.0 Å². The molecule has 0 unspecified atom stereocenters. The Kier molecular flexibility index (Phi) is 6.93. The molecule has 1 N–H and O–H groups in total. The van der Waals surface area contributed by atoms with E-state index in [1.54, 1.807) is 7.11 Å². The molecule has 1 aromatic carbocycles. The lowest BCUT2D eigenvalue weighted by Gasteiger charge is -2.25. The Morgan fingerprint density at radius 1 is 1.11 bits per heavy atom. The van der Waals surface area contributed by atoms with E-state index in [1.165, 1.54) is 31.2 Å². The van der Waals surface area contributed by atoms with Crippen LogP contribution in [0.25, 0.3) is 0 Å². The largest absolute Gasteiger partial charge is 0.497 e. The van der Waals surface area contributed by atoms with E-state index in [4.69, 9.17) is 4.74 Å². The van der Waals surface area contributed by atoms with Crippen LogP contribution < -0.4 is 10.1 Å². The number of methoxy groups -OCH3 is 1. The molecular weight excluding hydrogens is 234 g/mol. The summed E-state index contributed by atoms with van der Waals surface area (Å²) in [6.07, 6.45) is 5.29. The lowest BCUT2D eigenvalue weighted by molar-refractivity contribution is 0.302. The minimum absolute atomic E-state index is 0.391. The highest BCUT2D eigenvalue weighted by atomic mass is 16.5. The maximum atomic E-state index is 5.16. The predicted molar refractivity (Wildman–Crippen MR) is 82.6 cm³/mol. The van der Waals surface area contributed by atoms with Crippen LogP contribution in [0.15, 0.2) is 24.3 Å². The van der Waals surface area contributed by atoms with Crippen LogP contribution >= 0.6 is 0 Å². The van der Waals surface area contributed by atoms with Crippen molar-refractivity contribution in [1.82, 2.24) is 5.32 Å². The SMILES string of the molecule is CCCCCC(C)(C)CNCc1ccc(OC)cc1. The highest BCUT2D eigenvalue weighted by Gasteiger charge is 2.16. The second-order valence-electron chi connectivity index (χ2n) is 6.07. The van der Waals surface area contributed by atoms with E-state index in [9.17, 15) is 0 Å². The van der Waals surface area contributed by atoms with E-state index in [0.29, 0.717) is 5.41 Å². The second kappa shape index (κ2) is 8.21. The van der Waals surface area contributed by atoms with Gasteiger partial charge < -0.3 is 10.1 Å². The van der Waals surface area contributed by atoms with E-state index in [0.717, 1.165) is 18.8 Å². The lowest BCUT2D eigenvalue weighted by atomic mass is 9.87. The molecule has 0 spiro atoms. The maximum Gasteiger partial charge on any atom is 0.118 e. The van der Waals surface area contributed by atoms with Crippen molar-refractivity contribution in [2.24, 2.45) is 5.41 Å². The van der Waals surface area contributed by atoms with Crippen LogP contribution in [0, 0.1) is 5.41 Å². The van der Waals surface area contributed by atoms with Crippen LogP contribution in [0.4, 0.5) is 0 Å². The van der Waals surface area contributed by atoms with Gasteiger partial charge in [0, 0.05) is 13.1 Å². The van der Waals surface area contributed by atoms with E-state index >= 15 is 0 Å². The molecule has 108 valence electrons. The van der Waals surface area contributed by atoms with Crippen molar-refractivity contribution in [1.29, 1.82) is 0 Å². The minimum Gasteiger partial charge on any atom is -0.497 e. The van der Waals surface area contributed by atoms with Crippen molar-refractivity contribution in [3.8, 4) is 5.75 Å². The van der Waals surface area contributed by atoms with E-state index in [2.05, 4.69) is 38.2 Å². The quantitative estimate of drug-likeness (QED) is 0.667. The van der Waals surface area contributed by atoms with Gasteiger partial charge >= 0.3 is 0 Å². The maximum absolute atomic E-state index is 5.16. The molecule has 2 nitrogen and oxygen atoms in total. The molecular formula is C17H29NO. The van der Waals surface area contributed by atoms with Gasteiger partial charge in [0.05, 0.1) is 7.11 Å². The van der Waals surface area contributed by atoms with Gasteiger partial charge in [0.25, 0.3) is 0 Å². The summed E-state index contributed by atoms with van der Waals surface area (Å²) in [7, 11) is 1.70. The standard InChI is InChI=1S/C17H29NO/c1-5-6-7-12-17(2,3)14-18-13-15-8-10-16(19-4)11-9-15/h8-11,18H,5-7,12-14H2,1-4H3. The summed E-state index contributed by atoms with van der Waals surface area (Å²) in [5.41, 5.74) is 1.70. The summed E-state index contributed by atoms with van der Waals surface area (Å²) in [4.78, 5) is 0. The van der Waals surface area contributed by atoms with Crippen LogP contribution in [-0.2, 0) is 6.54 Å². The first-order valence-electron chi connectivity index (χ1n) is 7.41. The summed E-state index contributed by atoms with van der Waals surface area (Å²) in [6, 6.07) is 8.28. The fourth-order valence-corrected chi connectivity index (χ4v) is 2.23. The number of ether oxygens (including phenoxy) is 1. The molecule has 0 atom stereocenters. The average molecular weight is 263 g/mol. The third-order valence-corrected chi connectivity index (χ3v) is 3.55. The molecule has 1 aromatic rings. The van der Waals surface area contributed by atoms with E-state index < -0.39 is 0 Å². The number of unbranched alkanes of at least 4 members (excludes halogenated alkanes) is 2. The molecule has 0 heterocycles. The van der Waals surface area contributed by atoms with Crippen molar-refractivity contribution in [3.63, 3.8) is 0 Å². The van der Waals surface area contributed by atoms with Crippen molar-refractivity contribution in [3.05, 3.63) is 29.8 Å². The number of rotatable bonds is 9. The summed E-state index contributed by atoms with van der Waals surface area (Å²) in [6.45, 7) is 8.96. The molecule has 0 saturated carbocycles. The molecule has 19 heavy (non-hydrogen) atoms. The Morgan fingerprint density at radius 2 is 1.79 bits per heavy atom. The number of nitrogens with one attached hydrogen (secondary N) is 1. The molecule has 0 radical (unpaired) electrons. The van der Waals surface area contributed by atoms with Gasteiger partial charge in [-0.2, -0.15) is 0 Å². The van der Waals surface area contributed by atoms with Crippen LogP contribution in [-0.4, -0.2) is 13.7 Å². The molecule has 0 bridgehead atoms. The molecule has 1 rings (SSSR count). The first-order valence-corrected chi connectivity index (χ1v) is 7.41. The summed E-state index contributed by atoms with van der Waals surface area (Å²) in [5.74, 6) is 0.920. The zero-order valence-electron chi connectivity index (χ0n) is 13.0. The van der Waals surface area contributed by atoms with Crippen LogP contribution in [0.2, 0.25) is 0 Å². The fraction of sp³-hybridized carbons (Fsp3) is 0.647. The Bertz CT molecular complexity index is 343. The van der Waals surface area contributed by atoms with Crippen molar-refractivity contribution < 1.29 is 4.74 Å². The first kappa shape index (κ1) is 16.0. The van der Waals surface area contributed by atoms with Gasteiger partial charge in [-0.3, -0.25) is 0 Å². The summed E-state index contributed by atoms with van der Waals surface area (Å²) < 4.78 is 5.16. The van der Waals surface area contributed by atoms with Gasteiger partial charge in [-0.25, -0.2) is 0 Å². The minimum atomic E-state index is 0.391. The van der Waals surface area contributed by atoms with E-state index in [1.807, 2.05) is 12.1 Å². The molecule has 0 aliphatic carbocycles. The molecule has 0 aromatic heterocycles. The second-order valence-corrected chi connectivity index (χ2v) is 6.07. The summed E-state index contributed by atoms with van der Waals surface area (Å²) in [5, 5.41) is 3.57. The van der Waals surface area contributed by atoms with Gasteiger partial charge in [-0.1, -0.05) is 52.2 Å². The van der Waals surface area contributed by atoms with Crippen molar-refractivity contribution >= 4 is 0 Å². The van der Waals surface area contributed by atoms with Gasteiger partial charge in [0.1, 0.15) is 5.75 Å². The van der Waals surface area contributed by atoms with Crippen LogP contribution in [0.3, 0.4) is 0 Å². The topological polar surface area (TPSA) is 21.3 Å². The monoisotopic (exact) mass is 263 g/mol. The number of hydrogen-bond acceptors (Lipinski definition) is 2. The molecule has 2 heteroatoms. The predicted octanol–water partition coefficient (Wildman–Crippen LogP) is 4.39. The van der Waals surface area contributed by atoms with Gasteiger partial charge in [-0.15, -0.1) is 0 Å². The fourth-order valence-electron chi connectivity index (χ4n) is 2.23. The Labute approximate surface area is 118 Å². The highest BCUT2D eigenvalue weighted by Crippen LogP contribution is 2.22. The molecule has 0 fully saturated rings. The highest BCUT2D eigenvalue weighted by molar-refractivity contribution is 5.26. The third-order valence-electron chi connectivity index (χ3n) is 3.55. The number of benzene rings is 1. The van der Waals surface area contributed by atoms with Gasteiger partial charge in [-0.05, 0) is 29.5 Å². The Hall–Kier alpha value is -1.02. The normalized spacial score (nSPS) is 11.6. The lowest BCUT2D eigenvalue weighted by Crippen LogP contribution is -2.29.